The third-order valence-corrected chi connectivity index (χ3v) is 3.92. The average Bonchev–Trinajstić information content (AvgIpc) is 2.99. The Balaban J connectivity index is 1.65. The maximum Gasteiger partial charge on any atom is 0.135 e. The summed E-state index contributed by atoms with van der Waals surface area (Å²) in [7, 11) is 0. The second-order valence-corrected chi connectivity index (χ2v) is 5.80. The monoisotopic (exact) mass is 302 g/mol. The minimum atomic E-state index is 0.459. The van der Waals surface area contributed by atoms with Crippen molar-refractivity contribution in [3.63, 3.8) is 0 Å². The summed E-state index contributed by atoms with van der Waals surface area (Å²) in [5.41, 5.74) is 1.13. The van der Waals surface area contributed by atoms with E-state index in [1.54, 1.807) is 6.07 Å². The van der Waals surface area contributed by atoms with Crippen LogP contribution in [0.25, 0.3) is 0 Å². The van der Waals surface area contributed by atoms with E-state index in [2.05, 4.69) is 10.3 Å². The average molecular weight is 303 g/mol. The Bertz CT molecular complexity index is 583. The van der Waals surface area contributed by atoms with Crippen molar-refractivity contribution in [1.29, 1.82) is 0 Å². The molecule has 0 unspecified atom stereocenters. The molecule has 1 heterocycles. The topological polar surface area (TPSA) is 34.1 Å². The number of rotatable bonds is 5. The van der Waals surface area contributed by atoms with Gasteiger partial charge in [-0.3, -0.25) is 0 Å². The minimum Gasteiger partial charge on any atom is -0.489 e. The van der Waals surface area contributed by atoms with Crippen molar-refractivity contribution in [2.75, 3.05) is 5.32 Å². The van der Waals surface area contributed by atoms with Crippen molar-refractivity contribution in [1.82, 2.24) is 4.98 Å². The van der Waals surface area contributed by atoms with Gasteiger partial charge < -0.3 is 10.1 Å². The largest absolute Gasteiger partial charge is 0.489 e. The first-order chi connectivity index (χ1) is 10.3. The molecule has 1 saturated carbocycles. The molecule has 4 heteroatoms. The van der Waals surface area contributed by atoms with E-state index in [-0.39, 0.29) is 0 Å². The highest BCUT2D eigenvalue weighted by atomic mass is 35.5. The van der Waals surface area contributed by atoms with Crippen LogP contribution in [0.1, 0.15) is 31.2 Å². The van der Waals surface area contributed by atoms with Gasteiger partial charge in [0.15, 0.2) is 0 Å². The van der Waals surface area contributed by atoms with Gasteiger partial charge in [-0.2, -0.15) is 0 Å². The van der Waals surface area contributed by atoms with Crippen molar-refractivity contribution >= 4 is 17.4 Å². The number of hydrogen-bond acceptors (Lipinski definition) is 3. The Morgan fingerprint density at radius 2 is 1.90 bits per heavy atom. The van der Waals surface area contributed by atoms with Gasteiger partial charge in [0.05, 0.1) is 0 Å². The van der Waals surface area contributed by atoms with Gasteiger partial charge in [0, 0.05) is 18.2 Å². The highest BCUT2D eigenvalue weighted by molar-refractivity contribution is 6.29. The molecule has 2 aromatic rings. The van der Waals surface area contributed by atoms with Crippen LogP contribution in [0, 0.1) is 0 Å². The van der Waals surface area contributed by atoms with Crippen LogP contribution in [0.15, 0.2) is 42.5 Å². The third kappa shape index (κ3) is 4.11. The van der Waals surface area contributed by atoms with E-state index in [0.717, 1.165) is 17.1 Å². The SMILES string of the molecule is Clc1cc(OCc2ccccc2)cc(NC2CCCC2)n1. The summed E-state index contributed by atoms with van der Waals surface area (Å²) in [6, 6.07) is 14.3. The molecule has 0 spiro atoms. The number of pyridine rings is 1. The Morgan fingerprint density at radius 3 is 2.67 bits per heavy atom. The number of nitrogens with zero attached hydrogens (tertiary/aromatic N) is 1. The molecule has 3 nitrogen and oxygen atoms in total. The molecule has 0 amide bonds. The van der Waals surface area contributed by atoms with Crippen LogP contribution < -0.4 is 10.1 Å². The summed E-state index contributed by atoms with van der Waals surface area (Å²) in [6.07, 6.45) is 4.98. The number of halogens is 1. The molecule has 0 bridgehead atoms. The van der Waals surface area contributed by atoms with E-state index < -0.39 is 0 Å². The second kappa shape index (κ2) is 6.81. The zero-order valence-electron chi connectivity index (χ0n) is 11.9. The van der Waals surface area contributed by atoms with Crippen LogP contribution in [0.4, 0.5) is 5.82 Å². The standard InChI is InChI=1S/C17H19ClN2O/c18-16-10-15(21-12-13-6-2-1-3-7-13)11-17(20-16)19-14-8-4-5-9-14/h1-3,6-7,10-11,14H,4-5,8-9,12H2,(H,19,20). The Hall–Kier alpha value is -1.74. The molecule has 21 heavy (non-hydrogen) atoms. The summed E-state index contributed by atoms with van der Waals surface area (Å²) in [6.45, 7) is 0.532. The lowest BCUT2D eigenvalue weighted by Crippen LogP contribution is -2.15. The molecular formula is C17H19ClN2O. The molecule has 1 aliphatic carbocycles. The Morgan fingerprint density at radius 1 is 1.14 bits per heavy atom. The lowest BCUT2D eigenvalue weighted by molar-refractivity contribution is 0.306. The first-order valence-corrected chi connectivity index (χ1v) is 7.78. The normalized spacial score (nSPS) is 15.1. The maximum absolute atomic E-state index is 6.09. The van der Waals surface area contributed by atoms with E-state index in [0.29, 0.717) is 17.8 Å². The van der Waals surface area contributed by atoms with Gasteiger partial charge in [0.25, 0.3) is 0 Å². The number of anilines is 1. The van der Waals surface area contributed by atoms with Crippen LogP contribution >= 0.6 is 11.6 Å². The number of benzene rings is 1. The van der Waals surface area contributed by atoms with Gasteiger partial charge in [0.2, 0.25) is 0 Å². The van der Waals surface area contributed by atoms with Crippen molar-refractivity contribution in [3.05, 3.63) is 53.2 Å². The van der Waals surface area contributed by atoms with Gasteiger partial charge in [-0.15, -0.1) is 0 Å². The summed E-state index contributed by atoms with van der Waals surface area (Å²) in [5, 5.41) is 3.90. The fourth-order valence-corrected chi connectivity index (χ4v) is 2.85. The van der Waals surface area contributed by atoms with Crippen LogP contribution in [0.2, 0.25) is 5.15 Å². The Kier molecular flexibility index (Phi) is 4.61. The molecule has 1 fully saturated rings. The molecule has 0 atom stereocenters. The predicted octanol–water partition coefficient (Wildman–Crippen LogP) is 4.67. The number of nitrogens with one attached hydrogen (secondary N) is 1. The molecule has 1 N–H and O–H groups in total. The molecule has 1 aromatic heterocycles. The third-order valence-electron chi connectivity index (χ3n) is 3.72. The number of aromatic nitrogens is 1. The molecule has 0 radical (unpaired) electrons. The van der Waals surface area contributed by atoms with Crippen LogP contribution in [-0.2, 0) is 6.61 Å². The van der Waals surface area contributed by atoms with Gasteiger partial charge in [-0.25, -0.2) is 4.98 Å². The van der Waals surface area contributed by atoms with Crippen molar-refractivity contribution in [2.24, 2.45) is 0 Å². The fourth-order valence-electron chi connectivity index (χ4n) is 2.65. The molecule has 1 aliphatic rings. The van der Waals surface area contributed by atoms with E-state index in [1.165, 1.54) is 25.7 Å². The van der Waals surface area contributed by atoms with E-state index in [9.17, 15) is 0 Å². The van der Waals surface area contributed by atoms with Gasteiger partial charge in [0.1, 0.15) is 23.3 Å². The van der Waals surface area contributed by atoms with Crippen molar-refractivity contribution in [3.8, 4) is 5.75 Å². The lowest BCUT2D eigenvalue weighted by atomic mass is 10.2. The summed E-state index contributed by atoms with van der Waals surface area (Å²) in [4.78, 5) is 4.33. The van der Waals surface area contributed by atoms with Gasteiger partial charge in [-0.1, -0.05) is 54.8 Å². The summed E-state index contributed by atoms with van der Waals surface area (Å²) >= 11 is 6.09. The molecular weight excluding hydrogens is 284 g/mol. The quantitative estimate of drug-likeness (QED) is 0.815. The van der Waals surface area contributed by atoms with Crippen LogP contribution in [0.3, 0.4) is 0 Å². The van der Waals surface area contributed by atoms with Crippen molar-refractivity contribution < 1.29 is 4.74 Å². The first-order valence-electron chi connectivity index (χ1n) is 7.40. The van der Waals surface area contributed by atoms with Crippen LogP contribution in [-0.4, -0.2) is 11.0 Å². The first kappa shape index (κ1) is 14.2. The number of ether oxygens (including phenoxy) is 1. The second-order valence-electron chi connectivity index (χ2n) is 5.41. The highest BCUT2D eigenvalue weighted by Crippen LogP contribution is 2.26. The molecule has 110 valence electrons. The molecule has 1 aromatic carbocycles. The fraction of sp³-hybridized carbons (Fsp3) is 0.353. The van der Waals surface area contributed by atoms with Gasteiger partial charge >= 0.3 is 0 Å². The van der Waals surface area contributed by atoms with Gasteiger partial charge in [-0.05, 0) is 18.4 Å². The summed E-state index contributed by atoms with van der Waals surface area (Å²) < 4.78 is 5.81. The lowest BCUT2D eigenvalue weighted by Gasteiger charge is -2.14. The maximum atomic E-state index is 6.09. The molecule has 0 saturated heterocycles. The summed E-state index contributed by atoms with van der Waals surface area (Å²) in [5.74, 6) is 1.55. The van der Waals surface area contributed by atoms with Crippen molar-refractivity contribution in [2.45, 2.75) is 38.3 Å². The molecule has 3 rings (SSSR count). The minimum absolute atomic E-state index is 0.459. The molecule has 0 aliphatic heterocycles. The number of hydrogen-bond donors (Lipinski definition) is 1. The van der Waals surface area contributed by atoms with E-state index >= 15 is 0 Å². The predicted molar refractivity (Wildman–Crippen MR) is 85.9 cm³/mol. The zero-order chi connectivity index (χ0) is 14.5. The Labute approximate surface area is 130 Å². The zero-order valence-corrected chi connectivity index (χ0v) is 12.6. The van der Waals surface area contributed by atoms with E-state index in [4.69, 9.17) is 16.3 Å². The highest BCUT2D eigenvalue weighted by Gasteiger charge is 2.15. The smallest absolute Gasteiger partial charge is 0.135 e. The van der Waals surface area contributed by atoms with E-state index in [1.807, 2.05) is 36.4 Å². The van der Waals surface area contributed by atoms with Crippen LogP contribution in [0.5, 0.6) is 5.75 Å².